The molecule has 1 saturated heterocycles. The summed E-state index contributed by atoms with van der Waals surface area (Å²) in [6, 6.07) is 14.3. The summed E-state index contributed by atoms with van der Waals surface area (Å²) in [7, 11) is 1.62. The first-order valence-corrected chi connectivity index (χ1v) is 9.12. The number of nitrogens with one attached hydrogen (secondary N) is 1. The van der Waals surface area contributed by atoms with Gasteiger partial charge >= 0.3 is 0 Å². The molecule has 2 aromatic rings. The van der Waals surface area contributed by atoms with Gasteiger partial charge in [-0.1, -0.05) is 0 Å². The number of hydrogen-bond donors (Lipinski definition) is 1. The van der Waals surface area contributed by atoms with Gasteiger partial charge in [0.2, 0.25) is 0 Å². The van der Waals surface area contributed by atoms with Gasteiger partial charge in [-0.2, -0.15) is 0 Å². The van der Waals surface area contributed by atoms with E-state index < -0.39 is 0 Å². The fraction of sp³-hybridized carbons (Fsp3) is 0.381. The van der Waals surface area contributed by atoms with E-state index in [1.54, 1.807) is 31.4 Å². The summed E-state index contributed by atoms with van der Waals surface area (Å²) in [5.74, 6) is 1.30. The predicted octanol–water partition coefficient (Wildman–Crippen LogP) is 3.52. The van der Waals surface area contributed by atoms with Gasteiger partial charge in [0, 0.05) is 25.0 Å². The zero-order chi connectivity index (χ0) is 18.9. The molecule has 1 amide bonds. The van der Waals surface area contributed by atoms with Crippen LogP contribution in [-0.2, 0) is 9.47 Å². The first kappa shape index (κ1) is 19.2. The van der Waals surface area contributed by atoms with Crippen LogP contribution in [0.25, 0.3) is 0 Å². The van der Waals surface area contributed by atoms with E-state index in [2.05, 4.69) is 5.32 Å². The second kappa shape index (κ2) is 9.94. The van der Waals surface area contributed by atoms with Gasteiger partial charge in [0.05, 0.1) is 12.7 Å². The molecular formula is C21H25NO5. The van der Waals surface area contributed by atoms with Crippen molar-refractivity contribution in [3.8, 4) is 11.5 Å². The summed E-state index contributed by atoms with van der Waals surface area (Å²) in [5.41, 5.74) is 1.28. The van der Waals surface area contributed by atoms with Crippen molar-refractivity contribution in [2.24, 2.45) is 0 Å². The van der Waals surface area contributed by atoms with Crippen molar-refractivity contribution in [3.05, 3.63) is 54.1 Å². The third-order valence-electron chi connectivity index (χ3n) is 4.24. The Morgan fingerprint density at radius 2 is 1.74 bits per heavy atom. The van der Waals surface area contributed by atoms with Crippen LogP contribution >= 0.6 is 0 Å². The summed E-state index contributed by atoms with van der Waals surface area (Å²) in [5, 5.41) is 2.87. The SMILES string of the molecule is COCCOc1ccc(C(=O)Nc2ccc(OC[C@H]3CCCO3)cc2)cc1. The Morgan fingerprint density at radius 1 is 1.04 bits per heavy atom. The van der Waals surface area contributed by atoms with Crippen molar-refractivity contribution in [3.63, 3.8) is 0 Å². The maximum Gasteiger partial charge on any atom is 0.255 e. The number of methoxy groups -OCH3 is 1. The van der Waals surface area contributed by atoms with E-state index in [-0.39, 0.29) is 12.0 Å². The lowest BCUT2D eigenvalue weighted by molar-refractivity contribution is 0.0679. The number of hydrogen-bond acceptors (Lipinski definition) is 5. The van der Waals surface area contributed by atoms with E-state index in [0.29, 0.717) is 36.8 Å². The largest absolute Gasteiger partial charge is 0.491 e. The molecule has 1 fully saturated rings. The number of amides is 1. The first-order valence-electron chi connectivity index (χ1n) is 9.12. The Balaban J connectivity index is 1.48. The molecule has 0 radical (unpaired) electrons. The normalized spacial score (nSPS) is 16.1. The molecule has 0 aliphatic carbocycles. The maximum atomic E-state index is 12.4. The molecule has 144 valence electrons. The Hall–Kier alpha value is -2.57. The molecule has 0 bridgehead atoms. The smallest absolute Gasteiger partial charge is 0.255 e. The Kier molecular flexibility index (Phi) is 7.07. The van der Waals surface area contributed by atoms with Crippen LogP contribution in [0.2, 0.25) is 0 Å². The molecule has 0 spiro atoms. The van der Waals surface area contributed by atoms with Gasteiger partial charge < -0.3 is 24.3 Å². The molecule has 3 rings (SSSR count). The van der Waals surface area contributed by atoms with Gasteiger partial charge in [0.1, 0.15) is 24.7 Å². The topological polar surface area (TPSA) is 66.0 Å². The van der Waals surface area contributed by atoms with Crippen LogP contribution in [0.3, 0.4) is 0 Å². The number of rotatable bonds is 9. The highest BCUT2D eigenvalue weighted by Gasteiger charge is 2.16. The fourth-order valence-corrected chi connectivity index (χ4v) is 2.75. The summed E-state index contributed by atoms with van der Waals surface area (Å²) in [4.78, 5) is 12.4. The summed E-state index contributed by atoms with van der Waals surface area (Å²) < 4.78 is 21.7. The van der Waals surface area contributed by atoms with Gasteiger partial charge in [0.25, 0.3) is 5.91 Å². The van der Waals surface area contributed by atoms with E-state index in [1.807, 2.05) is 24.3 Å². The zero-order valence-electron chi connectivity index (χ0n) is 15.5. The molecule has 6 heteroatoms. The lowest BCUT2D eigenvalue weighted by atomic mass is 10.2. The maximum absolute atomic E-state index is 12.4. The molecule has 27 heavy (non-hydrogen) atoms. The van der Waals surface area contributed by atoms with Crippen molar-refractivity contribution in [2.45, 2.75) is 18.9 Å². The lowest BCUT2D eigenvalue weighted by Gasteiger charge is -2.12. The molecular weight excluding hydrogens is 346 g/mol. The van der Waals surface area contributed by atoms with Crippen molar-refractivity contribution < 1.29 is 23.7 Å². The molecule has 1 aliphatic rings. The van der Waals surface area contributed by atoms with Gasteiger partial charge in [0.15, 0.2) is 0 Å². The molecule has 0 aromatic heterocycles. The highest BCUT2D eigenvalue weighted by molar-refractivity contribution is 6.04. The summed E-state index contributed by atoms with van der Waals surface area (Å²) >= 11 is 0. The quantitative estimate of drug-likeness (QED) is 0.683. The lowest BCUT2D eigenvalue weighted by Crippen LogP contribution is -2.16. The van der Waals surface area contributed by atoms with Crippen LogP contribution < -0.4 is 14.8 Å². The first-order chi connectivity index (χ1) is 13.2. The second-order valence-corrected chi connectivity index (χ2v) is 6.29. The average Bonchev–Trinajstić information content (AvgIpc) is 3.22. The molecule has 1 N–H and O–H groups in total. The minimum atomic E-state index is -0.175. The fourth-order valence-electron chi connectivity index (χ4n) is 2.75. The molecule has 2 aromatic carbocycles. The number of anilines is 1. The average molecular weight is 371 g/mol. The standard InChI is InChI=1S/C21H25NO5/c1-24-13-14-26-18-8-4-16(5-9-18)21(23)22-17-6-10-19(11-7-17)27-15-20-3-2-12-25-20/h4-11,20H,2-3,12-15H2,1H3,(H,22,23)/t20-/m1/s1. The number of carbonyl (C=O) groups excluding carboxylic acids is 1. The van der Waals surface area contributed by atoms with Gasteiger partial charge in [-0.05, 0) is 61.4 Å². The van der Waals surface area contributed by atoms with Crippen LogP contribution in [-0.4, -0.2) is 45.5 Å². The summed E-state index contributed by atoms with van der Waals surface area (Å²) in [6.45, 7) is 2.38. The molecule has 0 saturated carbocycles. The minimum absolute atomic E-state index is 0.175. The van der Waals surface area contributed by atoms with Gasteiger partial charge in [-0.15, -0.1) is 0 Å². The van der Waals surface area contributed by atoms with E-state index in [9.17, 15) is 4.79 Å². The molecule has 1 heterocycles. The highest BCUT2D eigenvalue weighted by atomic mass is 16.5. The highest BCUT2D eigenvalue weighted by Crippen LogP contribution is 2.19. The van der Waals surface area contributed by atoms with Crippen molar-refractivity contribution >= 4 is 11.6 Å². The second-order valence-electron chi connectivity index (χ2n) is 6.29. The monoisotopic (exact) mass is 371 g/mol. The predicted molar refractivity (Wildman–Crippen MR) is 103 cm³/mol. The van der Waals surface area contributed by atoms with Crippen LogP contribution in [0.4, 0.5) is 5.69 Å². The van der Waals surface area contributed by atoms with E-state index >= 15 is 0 Å². The zero-order valence-corrected chi connectivity index (χ0v) is 15.5. The third-order valence-corrected chi connectivity index (χ3v) is 4.24. The Labute approximate surface area is 159 Å². The van der Waals surface area contributed by atoms with Crippen molar-refractivity contribution in [1.29, 1.82) is 0 Å². The van der Waals surface area contributed by atoms with E-state index in [0.717, 1.165) is 25.2 Å². The Bertz CT molecular complexity index is 708. The van der Waals surface area contributed by atoms with Crippen LogP contribution in [0.5, 0.6) is 11.5 Å². The number of ether oxygens (including phenoxy) is 4. The van der Waals surface area contributed by atoms with Crippen molar-refractivity contribution in [2.75, 3.05) is 38.9 Å². The number of carbonyl (C=O) groups is 1. The molecule has 1 aliphatic heterocycles. The van der Waals surface area contributed by atoms with Crippen LogP contribution in [0.15, 0.2) is 48.5 Å². The minimum Gasteiger partial charge on any atom is -0.491 e. The van der Waals surface area contributed by atoms with Gasteiger partial charge in [-0.3, -0.25) is 4.79 Å². The van der Waals surface area contributed by atoms with Crippen LogP contribution in [0.1, 0.15) is 23.2 Å². The van der Waals surface area contributed by atoms with E-state index in [1.165, 1.54) is 0 Å². The number of benzene rings is 2. The molecule has 0 unspecified atom stereocenters. The van der Waals surface area contributed by atoms with Crippen molar-refractivity contribution in [1.82, 2.24) is 0 Å². The third kappa shape index (κ3) is 5.98. The Morgan fingerprint density at radius 3 is 2.41 bits per heavy atom. The molecule has 6 nitrogen and oxygen atoms in total. The van der Waals surface area contributed by atoms with Crippen LogP contribution in [0, 0.1) is 0 Å². The summed E-state index contributed by atoms with van der Waals surface area (Å²) in [6.07, 6.45) is 2.33. The van der Waals surface area contributed by atoms with E-state index in [4.69, 9.17) is 18.9 Å². The molecule has 1 atom stereocenters. The van der Waals surface area contributed by atoms with Gasteiger partial charge in [-0.25, -0.2) is 0 Å².